The quantitative estimate of drug-likeness (QED) is 0.923. The summed E-state index contributed by atoms with van der Waals surface area (Å²) < 4.78 is 37.6. The Bertz CT molecular complexity index is 502. The number of carbonyl (C=O) groups excluding carboxylic acids is 1. The summed E-state index contributed by atoms with van der Waals surface area (Å²) in [6, 6.07) is 5.24. The standard InChI is InChI=1S/C15H20F3N3O/c16-15(17,18)13-4-2-12(3-5-13)11-20-6-1-7-21(9-8-20)14(22)10-19/h2-5H,1,6-11,19H2. The smallest absolute Gasteiger partial charge is 0.340 e. The third kappa shape index (κ3) is 4.45. The van der Waals surface area contributed by atoms with E-state index in [1.54, 1.807) is 4.90 Å². The fourth-order valence-electron chi connectivity index (χ4n) is 2.56. The zero-order valence-corrected chi connectivity index (χ0v) is 12.3. The molecule has 0 saturated carbocycles. The molecule has 1 aromatic rings. The monoisotopic (exact) mass is 315 g/mol. The molecule has 0 atom stereocenters. The van der Waals surface area contributed by atoms with Crippen LogP contribution < -0.4 is 5.73 Å². The van der Waals surface area contributed by atoms with Crippen molar-refractivity contribution in [2.45, 2.75) is 19.1 Å². The number of halogens is 3. The Balaban J connectivity index is 1.92. The van der Waals surface area contributed by atoms with Crippen molar-refractivity contribution in [3.63, 3.8) is 0 Å². The maximum absolute atomic E-state index is 12.5. The number of alkyl halides is 3. The molecule has 1 aliphatic rings. The molecule has 122 valence electrons. The molecule has 4 nitrogen and oxygen atoms in total. The minimum absolute atomic E-state index is 0.0128. The zero-order chi connectivity index (χ0) is 16.2. The van der Waals surface area contributed by atoms with Crippen LogP contribution in [0.3, 0.4) is 0 Å². The molecular weight excluding hydrogens is 295 g/mol. The first kappa shape index (κ1) is 16.8. The molecule has 22 heavy (non-hydrogen) atoms. The number of hydrogen-bond donors (Lipinski definition) is 1. The SMILES string of the molecule is NCC(=O)N1CCCN(Cc2ccc(C(F)(F)F)cc2)CC1. The van der Waals surface area contributed by atoms with Crippen molar-refractivity contribution in [3.05, 3.63) is 35.4 Å². The lowest BCUT2D eigenvalue weighted by Gasteiger charge is -2.21. The molecular formula is C15H20F3N3O. The number of benzene rings is 1. The second-order valence-corrected chi connectivity index (χ2v) is 5.41. The molecule has 0 radical (unpaired) electrons. The Kier molecular flexibility index (Phi) is 5.42. The van der Waals surface area contributed by atoms with Crippen LogP contribution in [0.15, 0.2) is 24.3 Å². The number of hydrogen-bond acceptors (Lipinski definition) is 3. The molecule has 2 rings (SSSR count). The van der Waals surface area contributed by atoms with Gasteiger partial charge in [-0.25, -0.2) is 0 Å². The molecule has 1 saturated heterocycles. The van der Waals surface area contributed by atoms with Gasteiger partial charge in [0.05, 0.1) is 12.1 Å². The fraction of sp³-hybridized carbons (Fsp3) is 0.533. The Morgan fingerprint density at radius 3 is 2.36 bits per heavy atom. The molecule has 1 fully saturated rings. The minimum atomic E-state index is -4.30. The van der Waals surface area contributed by atoms with Crippen molar-refractivity contribution in [3.8, 4) is 0 Å². The van der Waals surface area contributed by atoms with Crippen LogP contribution in [0.5, 0.6) is 0 Å². The predicted octanol–water partition coefficient (Wildman–Crippen LogP) is 1.70. The van der Waals surface area contributed by atoms with Gasteiger partial charge in [-0.2, -0.15) is 13.2 Å². The van der Waals surface area contributed by atoms with Crippen molar-refractivity contribution in [1.82, 2.24) is 9.80 Å². The van der Waals surface area contributed by atoms with E-state index < -0.39 is 11.7 Å². The highest BCUT2D eigenvalue weighted by atomic mass is 19.4. The Hall–Kier alpha value is -1.60. The van der Waals surface area contributed by atoms with E-state index in [1.807, 2.05) is 0 Å². The van der Waals surface area contributed by atoms with Crippen LogP contribution in [-0.4, -0.2) is 48.4 Å². The predicted molar refractivity (Wildman–Crippen MR) is 77.0 cm³/mol. The van der Waals surface area contributed by atoms with Crippen molar-refractivity contribution < 1.29 is 18.0 Å². The zero-order valence-electron chi connectivity index (χ0n) is 12.3. The lowest BCUT2D eigenvalue weighted by Crippen LogP contribution is -2.38. The molecule has 0 unspecified atom stereocenters. The maximum atomic E-state index is 12.5. The summed E-state index contributed by atoms with van der Waals surface area (Å²) >= 11 is 0. The van der Waals surface area contributed by atoms with Crippen molar-refractivity contribution >= 4 is 5.91 Å². The summed E-state index contributed by atoms with van der Waals surface area (Å²) in [4.78, 5) is 15.5. The van der Waals surface area contributed by atoms with E-state index >= 15 is 0 Å². The highest BCUT2D eigenvalue weighted by molar-refractivity contribution is 5.78. The molecule has 0 bridgehead atoms. The highest BCUT2D eigenvalue weighted by Crippen LogP contribution is 2.29. The highest BCUT2D eigenvalue weighted by Gasteiger charge is 2.30. The number of amides is 1. The molecule has 1 heterocycles. The molecule has 1 aromatic carbocycles. The van der Waals surface area contributed by atoms with Crippen LogP contribution in [0.2, 0.25) is 0 Å². The summed E-state index contributed by atoms with van der Waals surface area (Å²) in [5.41, 5.74) is 5.57. The van der Waals surface area contributed by atoms with E-state index in [4.69, 9.17) is 5.73 Å². The van der Waals surface area contributed by atoms with Crippen molar-refractivity contribution in [2.75, 3.05) is 32.7 Å². The van der Waals surface area contributed by atoms with Gasteiger partial charge in [0.2, 0.25) is 5.91 Å². The number of rotatable bonds is 3. The normalized spacial score (nSPS) is 17.4. The first-order valence-electron chi connectivity index (χ1n) is 7.26. The van der Waals surface area contributed by atoms with Crippen LogP contribution in [0, 0.1) is 0 Å². The van der Waals surface area contributed by atoms with Gasteiger partial charge in [-0.05, 0) is 24.1 Å². The summed E-state index contributed by atoms with van der Waals surface area (Å²) in [5, 5.41) is 0. The molecule has 2 N–H and O–H groups in total. The molecule has 1 aliphatic heterocycles. The van der Waals surface area contributed by atoms with Gasteiger partial charge in [-0.1, -0.05) is 12.1 Å². The summed E-state index contributed by atoms with van der Waals surface area (Å²) in [7, 11) is 0. The van der Waals surface area contributed by atoms with Crippen LogP contribution >= 0.6 is 0 Å². The van der Waals surface area contributed by atoms with Gasteiger partial charge in [0.15, 0.2) is 0 Å². The summed E-state index contributed by atoms with van der Waals surface area (Å²) in [5.74, 6) is -0.0589. The van der Waals surface area contributed by atoms with Gasteiger partial charge in [-0.3, -0.25) is 9.69 Å². The number of nitrogens with two attached hydrogens (primary N) is 1. The van der Waals surface area contributed by atoms with Crippen LogP contribution in [0.25, 0.3) is 0 Å². The van der Waals surface area contributed by atoms with Crippen molar-refractivity contribution in [1.29, 1.82) is 0 Å². The van der Waals surface area contributed by atoms with E-state index in [0.29, 0.717) is 26.2 Å². The molecule has 0 spiro atoms. The number of carbonyl (C=O) groups is 1. The van der Waals surface area contributed by atoms with Gasteiger partial charge < -0.3 is 10.6 Å². The maximum Gasteiger partial charge on any atom is 0.416 e. The Morgan fingerprint density at radius 1 is 1.09 bits per heavy atom. The lowest BCUT2D eigenvalue weighted by atomic mass is 10.1. The van der Waals surface area contributed by atoms with Gasteiger partial charge in [0.25, 0.3) is 0 Å². The molecule has 7 heteroatoms. The van der Waals surface area contributed by atoms with Crippen LogP contribution in [0.1, 0.15) is 17.5 Å². The van der Waals surface area contributed by atoms with Gasteiger partial charge in [0.1, 0.15) is 0 Å². The fourth-order valence-corrected chi connectivity index (χ4v) is 2.56. The topological polar surface area (TPSA) is 49.6 Å². The van der Waals surface area contributed by atoms with Crippen LogP contribution in [0.4, 0.5) is 13.2 Å². The van der Waals surface area contributed by atoms with Gasteiger partial charge in [0, 0.05) is 32.7 Å². The average molecular weight is 315 g/mol. The first-order chi connectivity index (χ1) is 10.4. The van der Waals surface area contributed by atoms with Crippen molar-refractivity contribution in [2.24, 2.45) is 5.73 Å². The van der Waals surface area contributed by atoms with Crippen LogP contribution in [-0.2, 0) is 17.5 Å². The first-order valence-corrected chi connectivity index (χ1v) is 7.26. The lowest BCUT2D eigenvalue weighted by molar-refractivity contribution is -0.137. The largest absolute Gasteiger partial charge is 0.416 e. The molecule has 0 aliphatic carbocycles. The molecule has 0 aromatic heterocycles. The third-order valence-corrected chi connectivity index (χ3v) is 3.80. The summed E-state index contributed by atoms with van der Waals surface area (Å²) in [6.07, 6.45) is -3.46. The van der Waals surface area contributed by atoms with Gasteiger partial charge >= 0.3 is 6.18 Å². The van der Waals surface area contributed by atoms with E-state index in [1.165, 1.54) is 12.1 Å². The second kappa shape index (κ2) is 7.11. The Labute approximate surface area is 127 Å². The minimum Gasteiger partial charge on any atom is -0.340 e. The average Bonchev–Trinajstić information content (AvgIpc) is 2.72. The third-order valence-electron chi connectivity index (χ3n) is 3.80. The summed E-state index contributed by atoms with van der Waals surface area (Å²) in [6.45, 7) is 3.40. The molecule has 1 amide bonds. The van der Waals surface area contributed by atoms with E-state index in [0.717, 1.165) is 30.7 Å². The Morgan fingerprint density at radius 2 is 1.77 bits per heavy atom. The van der Waals surface area contributed by atoms with E-state index in [-0.39, 0.29) is 12.5 Å². The van der Waals surface area contributed by atoms with E-state index in [9.17, 15) is 18.0 Å². The number of nitrogens with zero attached hydrogens (tertiary/aromatic N) is 2. The second-order valence-electron chi connectivity index (χ2n) is 5.41. The van der Waals surface area contributed by atoms with Gasteiger partial charge in [-0.15, -0.1) is 0 Å². The van der Waals surface area contributed by atoms with E-state index in [2.05, 4.69) is 4.90 Å².